The summed E-state index contributed by atoms with van der Waals surface area (Å²) in [6.45, 7) is 4.61. The summed E-state index contributed by atoms with van der Waals surface area (Å²) in [7, 11) is 0. The molecule has 0 atom stereocenters. The lowest BCUT2D eigenvalue weighted by atomic mass is 10.5. The van der Waals surface area contributed by atoms with Crippen molar-refractivity contribution in [1.29, 1.82) is 0 Å². The quantitative estimate of drug-likeness (QED) is 0.786. The Labute approximate surface area is 104 Å². The van der Waals surface area contributed by atoms with Gasteiger partial charge >= 0.3 is 6.01 Å². The summed E-state index contributed by atoms with van der Waals surface area (Å²) in [5.74, 6) is -0.198. The van der Waals surface area contributed by atoms with Gasteiger partial charge in [0, 0.05) is 6.54 Å². The third-order valence-corrected chi connectivity index (χ3v) is 2.03. The third-order valence-electron chi connectivity index (χ3n) is 1.86. The first kappa shape index (κ1) is 13.4. The molecule has 0 aromatic carbocycles. The lowest BCUT2D eigenvalue weighted by Gasteiger charge is -2.18. The Balaban J connectivity index is 2.97. The van der Waals surface area contributed by atoms with Crippen LogP contribution in [-0.4, -0.2) is 40.6 Å². The van der Waals surface area contributed by atoms with Gasteiger partial charge in [-0.05, 0) is 25.4 Å². The zero-order valence-electron chi connectivity index (χ0n) is 9.68. The molecule has 7 nitrogen and oxygen atoms in total. The molecule has 1 aromatic rings. The fourth-order valence-electron chi connectivity index (χ4n) is 1.17. The number of halogens is 1. The summed E-state index contributed by atoms with van der Waals surface area (Å²) in [6, 6.07) is 0.130. The second kappa shape index (κ2) is 6.19. The monoisotopic (exact) mass is 259 g/mol. The molecular weight excluding hydrogens is 246 g/mol. The molecule has 2 N–H and O–H groups in total. The summed E-state index contributed by atoms with van der Waals surface area (Å²) in [5.41, 5.74) is 5.13. The van der Waals surface area contributed by atoms with Gasteiger partial charge in [-0.1, -0.05) is 0 Å². The molecule has 0 aliphatic rings. The van der Waals surface area contributed by atoms with Gasteiger partial charge in [-0.25, -0.2) is 0 Å². The van der Waals surface area contributed by atoms with Crippen LogP contribution in [0.25, 0.3) is 0 Å². The highest BCUT2D eigenvalue weighted by atomic mass is 35.5. The van der Waals surface area contributed by atoms with E-state index in [2.05, 4.69) is 15.0 Å². The van der Waals surface area contributed by atoms with Crippen LogP contribution in [0.5, 0.6) is 6.01 Å². The van der Waals surface area contributed by atoms with Crippen molar-refractivity contribution >= 4 is 23.5 Å². The van der Waals surface area contributed by atoms with Gasteiger partial charge in [-0.2, -0.15) is 15.0 Å². The van der Waals surface area contributed by atoms with E-state index in [1.54, 1.807) is 11.8 Å². The first-order chi connectivity index (χ1) is 8.06. The number of hydrogen-bond donors (Lipinski definition) is 1. The lowest BCUT2D eigenvalue weighted by Crippen LogP contribution is -2.34. The Kier molecular flexibility index (Phi) is 4.89. The second-order valence-electron chi connectivity index (χ2n) is 3.10. The van der Waals surface area contributed by atoms with Crippen molar-refractivity contribution in [3.05, 3.63) is 5.28 Å². The number of amides is 1. The number of ether oxygens (including phenoxy) is 1. The average molecular weight is 260 g/mol. The van der Waals surface area contributed by atoms with Gasteiger partial charge in [0.15, 0.2) is 0 Å². The Morgan fingerprint density at radius 3 is 2.65 bits per heavy atom. The van der Waals surface area contributed by atoms with E-state index in [0.29, 0.717) is 13.2 Å². The summed E-state index contributed by atoms with van der Waals surface area (Å²) < 4.78 is 5.14. The van der Waals surface area contributed by atoms with E-state index in [9.17, 15) is 4.79 Å². The number of rotatable bonds is 6. The topological polar surface area (TPSA) is 94.2 Å². The smallest absolute Gasteiger partial charge is 0.322 e. The SMILES string of the molecule is CCOc1nc(Cl)nc(N(CC)CC(N)=O)n1. The number of aromatic nitrogens is 3. The van der Waals surface area contributed by atoms with Crippen molar-refractivity contribution in [3.8, 4) is 6.01 Å². The minimum atomic E-state index is -0.471. The highest BCUT2D eigenvalue weighted by molar-refractivity contribution is 6.28. The minimum Gasteiger partial charge on any atom is -0.464 e. The largest absolute Gasteiger partial charge is 0.464 e. The Bertz CT molecular complexity index is 401. The molecule has 0 spiro atoms. The normalized spacial score (nSPS) is 10.1. The Morgan fingerprint density at radius 2 is 2.12 bits per heavy atom. The van der Waals surface area contributed by atoms with Crippen molar-refractivity contribution in [2.24, 2.45) is 5.73 Å². The maximum atomic E-state index is 10.9. The van der Waals surface area contributed by atoms with Crippen molar-refractivity contribution in [2.75, 3.05) is 24.6 Å². The van der Waals surface area contributed by atoms with E-state index in [4.69, 9.17) is 22.1 Å². The number of carbonyl (C=O) groups excluding carboxylic acids is 1. The fourth-order valence-corrected chi connectivity index (χ4v) is 1.32. The zero-order valence-corrected chi connectivity index (χ0v) is 10.4. The molecule has 0 saturated carbocycles. The molecule has 1 amide bonds. The first-order valence-corrected chi connectivity index (χ1v) is 5.52. The molecule has 1 rings (SSSR count). The fraction of sp³-hybridized carbons (Fsp3) is 0.556. The highest BCUT2D eigenvalue weighted by Crippen LogP contribution is 2.14. The van der Waals surface area contributed by atoms with Crippen molar-refractivity contribution in [1.82, 2.24) is 15.0 Å². The molecule has 8 heteroatoms. The summed E-state index contributed by atoms with van der Waals surface area (Å²) in [5, 5.41) is 0.0152. The number of primary amides is 1. The number of likely N-dealkylation sites (N-methyl/N-ethyl adjacent to an activating group) is 1. The summed E-state index contributed by atoms with van der Waals surface area (Å²) >= 11 is 5.74. The van der Waals surface area contributed by atoms with Crippen LogP contribution < -0.4 is 15.4 Å². The molecule has 0 aliphatic heterocycles. The van der Waals surface area contributed by atoms with Crippen molar-refractivity contribution < 1.29 is 9.53 Å². The molecule has 1 aromatic heterocycles. The van der Waals surface area contributed by atoms with Gasteiger partial charge in [-0.15, -0.1) is 0 Å². The molecule has 0 fully saturated rings. The van der Waals surface area contributed by atoms with E-state index in [1.807, 2.05) is 6.92 Å². The Morgan fingerprint density at radius 1 is 1.41 bits per heavy atom. The van der Waals surface area contributed by atoms with Crippen LogP contribution in [0.3, 0.4) is 0 Å². The minimum absolute atomic E-state index is 0.0152. The van der Waals surface area contributed by atoms with Crippen LogP contribution in [-0.2, 0) is 4.79 Å². The molecule has 0 saturated heterocycles. The molecule has 0 aliphatic carbocycles. The van der Waals surface area contributed by atoms with E-state index >= 15 is 0 Å². The Hall–Kier alpha value is -1.63. The van der Waals surface area contributed by atoms with E-state index < -0.39 is 5.91 Å². The van der Waals surface area contributed by atoms with Crippen LogP contribution in [0, 0.1) is 0 Å². The van der Waals surface area contributed by atoms with E-state index in [1.165, 1.54) is 0 Å². The van der Waals surface area contributed by atoms with Gasteiger partial charge in [0.05, 0.1) is 13.2 Å². The van der Waals surface area contributed by atoms with Crippen molar-refractivity contribution in [2.45, 2.75) is 13.8 Å². The predicted octanol–water partition coefficient (Wildman–Crippen LogP) is 0.235. The third kappa shape index (κ3) is 4.03. The van der Waals surface area contributed by atoms with E-state index in [-0.39, 0.29) is 23.8 Å². The van der Waals surface area contributed by atoms with Crippen LogP contribution in [0.15, 0.2) is 0 Å². The lowest BCUT2D eigenvalue weighted by molar-refractivity contribution is -0.116. The maximum absolute atomic E-state index is 10.9. The average Bonchev–Trinajstić information content (AvgIpc) is 2.25. The number of carbonyl (C=O) groups is 1. The summed E-state index contributed by atoms with van der Waals surface area (Å²) in [6.07, 6.45) is 0. The van der Waals surface area contributed by atoms with Crippen LogP contribution in [0.4, 0.5) is 5.95 Å². The van der Waals surface area contributed by atoms with Gasteiger partial charge < -0.3 is 15.4 Å². The van der Waals surface area contributed by atoms with Gasteiger partial charge in [-0.3, -0.25) is 4.79 Å². The van der Waals surface area contributed by atoms with Crippen molar-refractivity contribution in [3.63, 3.8) is 0 Å². The molecular formula is C9H14ClN5O2. The van der Waals surface area contributed by atoms with E-state index in [0.717, 1.165) is 0 Å². The van der Waals surface area contributed by atoms with Gasteiger partial charge in [0.1, 0.15) is 0 Å². The van der Waals surface area contributed by atoms with Gasteiger partial charge in [0.2, 0.25) is 17.1 Å². The highest BCUT2D eigenvalue weighted by Gasteiger charge is 2.13. The number of hydrogen-bond acceptors (Lipinski definition) is 6. The van der Waals surface area contributed by atoms with Gasteiger partial charge in [0.25, 0.3) is 0 Å². The number of anilines is 1. The molecule has 17 heavy (non-hydrogen) atoms. The maximum Gasteiger partial charge on any atom is 0.322 e. The standard InChI is InChI=1S/C9H14ClN5O2/c1-3-15(5-6(11)16)8-12-7(10)13-9(14-8)17-4-2/h3-5H2,1-2H3,(H2,11,16). The first-order valence-electron chi connectivity index (χ1n) is 5.14. The summed E-state index contributed by atoms with van der Waals surface area (Å²) in [4.78, 5) is 24.2. The molecule has 0 bridgehead atoms. The number of nitrogens with zero attached hydrogens (tertiary/aromatic N) is 4. The predicted molar refractivity (Wildman–Crippen MR) is 63.1 cm³/mol. The van der Waals surface area contributed by atoms with Crippen LogP contribution in [0.2, 0.25) is 5.28 Å². The molecule has 94 valence electrons. The van der Waals surface area contributed by atoms with Crippen LogP contribution >= 0.6 is 11.6 Å². The molecule has 0 unspecified atom stereocenters. The number of nitrogens with two attached hydrogens (primary N) is 1. The molecule has 1 heterocycles. The molecule has 0 radical (unpaired) electrons. The zero-order chi connectivity index (χ0) is 12.8. The van der Waals surface area contributed by atoms with Crippen LogP contribution in [0.1, 0.15) is 13.8 Å². The second-order valence-corrected chi connectivity index (χ2v) is 3.44.